The van der Waals surface area contributed by atoms with Crippen LogP contribution in [0.15, 0.2) is 18.2 Å². The van der Waals surface area contributed by atoms with E-state index in [1.54, 1.807) is 0 Å². The summed E-state index contributed by atoms with van der Waals surface area (Å²) in [6.45, 7) is 3.15. The molecule has 2 heterocycles. The van der Waals surface area contributed by atoms with Crippen LogP contribution in [0, 0.1) is 11.8 Å². The third kappa shape index (κ3) is 3.04. The van der Waals surface area contributed by atoms with Crippen molar-refractivity contribution >= 4 is 5.91 Å². The molecule has 0 spiro atoms. The minimum Gasteiger partial charge on any atom is -0.490 e. The van der Waals surface area contributed by atoms with Gasteiger partial charge in [0.2, 0.25) is 0 Å². The molecule has 4 heteroatoms. The van der Waals surface area contributed by atoms with E-state index in [9.17, 15) is 4.79 Å². The Kier molecular flexibility index (Phi) is 4.15. The van der Waals surface area contributed by atoms with Crippen molar-refractivity contribution in [3.8, 4) is 11.5 Å². The van der Waals surface area contributed by atoms with Crippen molar-refractivity contribution in [2.75, 3.05) is 26.3 Å². The Balaban J connectivity index is 1.49. The minimum absolute atomic E-state index is 0.143. The van der Waals surface area contributed by atoms with Crippen molar-refractivity contribution < 1.29 is 14.3 Å². The molecule has 2 aliphatic heterocycles. The van der Waals surface area contributed by atoms with Crippen molar-refractivity contribution in [2.24, 2.45) is 11.8 Å². The lowest BCUT2D eigenvalue weighted by Crippen LogP contribution is -2.44. The van der Waals surface area contributed by atoms with Gasteiger partial charge in [0.15, 0.2) is 11.5 Å². The number of hydrogen-bond donors (Lipinski definition) is 0. The maximum Gasteiger partial charge on any atom is 0.254 e. The van der Waals surface area contributed by atoms with Crippen molar-refractivity contribution in [3.63, 3.8) is 0 Å². The molecule has 2 atom stereocenters. The molecule has 2 fully saturated rings. The van der Waals surface area contributed by atoms with Gasteiger partial charge in [0, 0.05) is 25.1 Å². The monoisotopic (exact) mass is 315 g/mol. The van der Waals surface area contributed by atoms with Crippen LogP contribution in [0.5, 0.6) is 11.5 Å². The summed E-state index contributed by atoms with van der Waals surface area (Å²) >= 11 is 0. The van der Waals surface area contributed by atoms with Gasteiger partial charge in [-0.15, -0.1) is 0 Å². The fourth-order valence-corrected chi connectivity index (χ4v) is 4.26. The van der Waals surface area contributed by atoms with Gasteiger partial charge in [0.25, 0.3) is 5.91 Å². The van der Waals surface area contributed by atoms with Crippen LogP contribution >= 0.6 is 0 Å². The first-order valence-corrected chi connectivity index (χ1v) is 9.00. The minimum atomic E-state index is 0.143. The molecule has 1 saturated heterocycles. The smallest absolute Gasteiger partial charge is 0.254 e. The molecule has 23 heavy (non-hydrogen) atoms. The zero-order valence-corrected chi connectivity index (χ0v) is 13.6. The van der Waals surface area contributed by atoms with Gasteiger partial charge >= 0.3 is 0 Å². The van der Waals surface area contributed by atoms with Crippen molar-refractivity contribution in [1.29, 1.82) is 0 Å². The lowest BCUT2D eigenvalue weighted by Gasteiger charge is -2.41. The normalized spacial score (nSPS) is 27.0. The SMILES string of the molecule is O=C(c1ccc2c(c1)OCCCO2)N1CC[C@@H]2CCCC[C@H]2C1. The van der Waals surface area contributed by atoms with Gasteiger partial charge < -0.3 is 14.4 Å². The molecule has 1 aliphatic carbocycles. The first-order chi connectivity index (χ1) is 11.3. The summed E-state index contributed by atoms with van der Waals surface area (Å²) in [6, 6.07) is 5.61. The van der Waals surface area contributed by atoms with Crippen molar-refractivity contribution in [2.45, 2.75) is 38.5 Å². The van der Waals surface area contributed by atoms with Gasteiger partial charge in [0.05, 0.1) is 13.2 Å². The topological polar surface area (TPSA) is 38.8 Å². The zero-order valence-electron chi connectivity index (χ0n) is 13.6. The van der Waals surface area contributed by atoms with Gasteiger partial charge in [-0.1, -0.05) is 19.3 Å². The summed E-state index contributed by atoms with van der Waals surface area (Å²) in [5, 5.41) is 0. The maximum atomic E-state index is 12.9. The molecule has 4 nitrogen and oxygen atoms in total. The second-order valence-corrected chi connectivity index (χ2v) is 7.06. The van der Waals surface area contributed by atoms with Crippen LogP contribution in [0.2, 0.25) is 0 Å². The van der Waals surface area contributed by atoms with Gasteiger partial charge in [-0.2, -0.15) is 0 Å². The highest BCUT2D eigenvalue weighted by Crippen LogP contribution is 2.37. The Labute approximate surface area is 137 Å². The number of likely N-dealkylation sites (tertiary alicyclic amines) is 1. The summed E-state index contributed by atoms with van der Waals surface area (Å²) in [7, 11) is 0. The number of carbonyl (C=O) groups is 1. The van der Waals surface area contributed by atoms with E-state index in [4.69, 9.17) is 9.47 Å². The molecule has 124 valence electrons. The lowest BCUT2D eigenvalue weighted by molar-refractivity contribution is 0.0520. The average Bonchev–Trinajstić information content (AvgIpc) is 2.85. The van der Waals surface area contributed by atoms with E-state index in [0.29, 0.717) is 24.9 Å². The molecule has 1 amide bonds. The molecular formula is C19H25NO3. The van der Waals surface area contributed by atoms with Gasteiger partial charge in [-0.25, -0.2) is 0 Å². The summed E-state index contributed by atoms with van der Waals surface area (Å²) in [5.41, 5.74) is 0.725. The van der Waals surface area contributed by atoms with Gasteiger partial charge in [-0.3, -0.25) is 4.79 Å². The standard InChI is InChI=1S/C19H25NO3/c21-19(20-9-8-14-4-1-2-5-16(14)13-20)15-6-7-17-18(12-15)23-11-3-10-22-17/h6-7,12,14,16H,1-5,8-11,13H2/t14-,16-/m0/s1. The molecule has 0 unspecified atom stereocenters. The van der Waals surface area contributed by atoms with E-state index >= 15 is 0 Å². The van der Waals surface area contributed by atoms with E-state index < -0.39 is 0 Å². The number of ether oxygens (including phenoxy) is 2. The third-order valence-electron chi connectivity index (χ3n) is 5.57. The van der Waals surface area contributed by atoms with E-state index in [1.807, 2.05) is 23.1 Å². The number of piperidine rings is 1. The second-order valence-electron chi connectivity index (χ2n) is 7.06. The number of amides is 1. The molecule has 0 bridgehead atoms. The van der Waals surface area contributed by atoms with Crippen molar-refractivity contribution in [3.05, 3.63) is 23.8 Å². The Hall–Kier alpha value is -1.71. The largest absolute Gasteiger partial charge is 0.490 e. The van der Waals surface area contributed by atoms with E-state index in [2.05, 4.69) is 0 Å². The summed E-state index contributed by atoms with van der Waals surface area (Å²) < 4.78 is 11.4. The van der Waals surface area contributed by atoms with Crippen molar-refractivity contribution in [1.82, 2.24) is 4.90 Å². The number of hydrogen-bond acceptors (Lipinski definition) is 3. The fraction of sp³-hybridized carbons (Fsp3) is 0.632. The highest BCUT2D eigenvalue weighted by atomic mass is 16.5. The number of rotatable bonds is 1. The first-order valence-electron chi connectivity index (χ1n) is 9.00. The Morgan fingerprint density at radius 2 is 1.74 bits per heavy atom. The molecule has 0 radical (unpaired) electrons. The van der Waals surface area contributed by atoms with Crippen LogP contribution in [-0.4, -0.2) is 37.1 Å². The highest BCUT2D eigenvalue weighted by molar-refractivity contribution is 5.95. The summed E-state index contributed by atoms with van der Waals surface area (Å²) in [5.74, 6) is 3.16. The molecule has 0 N–H and O–H groups in total. The predicted octanol–water partition coefficient (Wildman–Crippen LogP) is 3.50. The molecule has 1 aromatic rings. The van der Waals surface area contributed by atoms with Crippen LogP contribution in [0.1, 0.15) is 48.9 Å². The number of nitrogens with zero attached hydrogens (tertiary/aromatic N) is 1. The van der Waals surface area contributed by atoms with Crippen LogP contribution in [0.25, 0.3) is 0 Å². The van der Waals surface area contributed by atoms with E-state index in [-0.39, 0.29) is 5.91 Å². The molecule has 0 aromatic heterocycles. The Morgan fingerprint density at radius 3 is 2.61 bits per heavy atom. The summed E-state index contributed by atoms with van der Waals surface area (Å²) in [4.78, 5) is 14.9. The molecule has 1 saturated carbocycles. The molecular weight excluding hydrogens is 290 g/mol. The van der Waals surface area contributed by atoms with Gasteiger partial charge in [-0.05, 0) is 42.9 Å². The first kappa shape index (κ1) is 14.9. The number of fused-ring (bicyclic) bond motifs is 2. The van der Waals surface area contributed by atoms with Gasteiger partial charge in [0.1, 0.15) is 0 Å². The maximum absolute atomic E-state index is 12.9. The Morgan fingerprint density at radius 1 is 0.957 bits per heavy atom. The lowest BCUT2D eigenvalue weighted by atomic mass is 9.75. The average molecular weight is 315 g/mol. The van der Waals surface area contributed by atoms with Crippen LogP contribution in [-0.2, 0) is 0 Å². The highest BCUT2D eigenvalue weighted by Gasteiger charge is 2.33. The third-order valence-corrected chi connectivity index (χ3v) is 5.57. The summed E-state index contributed by atoms with van der Waals surface area (Å²) in [6.07, 6.45) is 7.39. The van der Waals surface area contributed by atoms with Crippen LogP contribution < -0.4 is 9.47 Å². The van der Waals surface area contributed by atoms with Crippen LogP contribution in [0.3, 0.4) is 0 Å². The number of benzene rings is 1. The quantitative estimate of drug-likeness (QED) is 0.796. The van der Waals surface area contributed by atoms with E-state index in [0.717, 1.165) is 36.7 Å². The number of carbonyl (C=O) groups excluding carboxylic acids is 1. The van der Waals surface area contributed by atoms with E-state index in [1.165, 1.54) is 32.1 Å². The zero-order chi connectivity index (χ0) is 15.6. The van der Waals surface area contributed by atoms with Crippen LogP contribution in [0.4, 0.5) is 0 Å². The molecule has 4 rings (SSSR count). The molecule has 1 aromatic carbocycles. The molecule has 3 aliphatic rings. The fourth-order valence-electron chi connectivity index (χ4n) is 4.26. The second kappa shape index (κ2) is 6.42. The predicted molar refractivity (Wildman–Crippen MR) is 88.0 cm³/mol. The Bertz CT molecular complexity index is 586.